The van der Waals surface area contributed by atoms with Crippen molar-refractivity contribution < 1.29 is 9.18 Å². The SMILES string of the molecule is O=C(NC1CCCCC1)C(C1CCCCC1)n1c(-c2sccc2Cl)nc2cc(F)c(Cl)cc21. The molecule has 3 aromatic rings. The van der Waals surface area contributed by atoms with Crippen molar-refractivity contribution in [2.45, 2.75) is 76.3 Å². The number of nitrogens with zero attached hydrogens (tertiary/aromatic N) is 2. The number of carbonyl (C=O) groups is 1. The monoisotopic (exact) mass is 507 g/mol. The summed E-state index contributed by atoms with van der Waals surface area (Å²) in [7, 11) is 0. The number of fused-ring (bicyclic) bond motifs is 1. The molecule has 8 heteroatoms. The summed E-state index contributed by atoms with van der Waals surface area (Å²) < 4.78 is 16.3. The Hall–Kier alpha value is -1.63. The van der Waals surface area contributed by atoms with Crippen molar-refractivity contribution in [3.05, 3.63) is 39.4 Å². The first-order valence-electron chi connectivity index (χ1n) is 11.9. The smallest absolute Gasteiger partial charge is 0.243 e. The minimum Gasteiger partial charge on any atom is -0.352 e. The van der Waals surface area contributed by atoms with Gasteiger partial charge in [-0.2, -0.15) is 0 Å². The Labute approximate surface area is 207 Å². The summed E-state index contributed by atoms with van der Waals surface area (Å²) >= 11 is 14.2. The molecule has 0 spiro atoms. The zero-order chi connectivity index (χ0) is 22.9. The lowest BCUT2D eigenvalue weighted by atomic mass is 9.82. The Morgan fingerprint density at radius 2 is 1.76 bits per heavy atom. The van der Waals surface area contributed by atoms with Crippen molar-refractivity contribution in [1.29, 1.82) is 0 Å². The van der Waals surface area contributed by atoms with Gasteiger partial charge in [-0.3, -0.25) is 4.79 Å². The second-order valence-corrected chi connectivity index (χ2v) is 11.1. The molecule has 2 aliphatic rings. The lowest BCUT2D eigenvalue weighted by Crippen LogP contribution is -2.43. The second kappa shape index (κ2) is 9.93. The van der Waals surface area contributed by atoms with E-state index in [1.54, 1.807) is 6.07 Å². The number of rotatable bonds is 5. The molecule has 2 heterocycles. The Kier molecular flexibility index (Phi) is 6.96. The number of nitrogens with one attached hydrogen (secondary N) is 1. The molecular weight excluding hydrogens is 480 g/mol. The molecule has 1 unspecified atom stereocenters. The van der Waals surface area contributed by atoms with Crippen LogP contribution in [0.15, 0.2) is 23.6 Å². The average Bonchev–Trinajstić information content (AvgIpc) is 3.39. The third kappa shape index (κ3) is 4.67. The summed E-state index contributed by atoms with van der Waals surface area (Å²) in [5, 5.41) is 5.88. The largest absolute Gasteiger partial charge is 0.352 e. The zero-order valence-electron chi connectivity index (χ0n) is 18.5. The number of aromatic nitrogens is 2. The van der Waals surface area contributed by atoms with Gasteiger partial charge in [-0.1, -0.05) is 61.7 Å². The van der Waals surface area contributed by atoms with Crippen molar-refractivity contribution in [1.82, 2.24) is 14.9 Å². The van der Waals surface area contributed by atoms with Crippen LogP contribution in [0.4, 0.5) is 4.39 Å². The molecule has 0 radical (unpaired) electrons. The molecule has 1 aromatic carbocycles. The highest BCUT2D eigenvalue weighted by Gasteiger charge is 2.36. The fraction of sp³-hybridized carbons (Fsp3) is 0.520. The molecule has 33 heavy (non-hydrogen) atoms. The molecule has 4 nitrogen and oxygen atoms in total. The normalized spacial score (nSPS) is 19.1. The summed E-state index contributed by atoms with van der Waals surface area (Å²) in [5.41, 5.74) is 1.16. The summed E-state index contributed by atoms with van der Waals surface area (Å²) in [5.74, 6) is 0.308. The maximum absolute atomic E-state index is 14.4. The van der Waals surface area contributed by atoms with E-state index in [1.807, 2.05) is 16.0 Å². The van der Waals surface area contributed by atoms with E-state index in [4.69, 9.17) is 28.2 Å². The van der Waals surface area contributed by atoms with E-state index in [-0.39, 0.29) is 22.9 Å². The lowest BCUT2D eigenvalue weighted by molar-refractivity contribution is -0.127. The van der Waals surface area contributed by atoms with Gasteiger partial charge >= 0.3 is 0 Å². The van der Waals surface area contributed by atoms with Crippen LogP contribution in [0.1, 0.15) is 70.3 Å². The molecule has 2 saturated carbocycles. The fourth-order valence-electron chi connectivity index (χ4n) is 5.51. The maximum atomic E-state index is 14.4. The first-order chi connectivity index (χ1) is 16.0. The second-order valence-electron chi connectivity index (χ2n) is 9.34. The van der Waals surface area contributed by atoms with E-state index in [0.717, 1.165) is 56.2 Å². The Morgan fingerprint density at radius 3 is 2.42 bits per heavy atom. The molecule has 5 rings (SSSR count). The minimum atomic E-state index is -0.515. The van der Waals surface area contributed by atoms with E-state index < -0.39 is 11.9 Å². The molecule has 2 fully saturated rings. The summed E-state index contributed by atoms with van der Waals surface area (Å²) in [6.45, 7) is 0. The number of hydrogen-bond donors (Lipinski definition) is 1. The van der Waals surface area contributed by atoms with E-state index >= 15 is 0 Å². The Balaban J connectivity index is 1.66. The van der Waals surface area contributed by atoms with Crippen LogP contribution in [0.5, 0.6) is 0 Å². The van der Waals surface area contributed by atoms with Crippen molar-refractivity contribution in [2.75, 3.05) is 0 Å². The molecule has 1 atom stereocenters. The Morgan fingerprint density at radius 1 is 1.06 bits per heavy atom. The third-order valence-electron chi connectivity index (χ3n) is 7.15. The van der Waals surface area contributed by atoms with Crippen LogP contribution >= 0.6 is 34.5 Å². The molecule has 2 aromatic heterocycles. The summed E-state index contributed by atoms with van der Waals surface area (Å²) in [6.07, 6.45) is 10.9. The minimum absolute atomic E-state index is 0.0301. The first kappa shape index (κ1) is 23.1. The number of amides is 1. The van der Waals surface area contributed by atoms with E-state index in [9.17, 15) is 9.18 Å². The van der Waals surface area contributed by atoms with Gasteiger partial charge in [0.15, 0.2) is 5.82 Å². The number of halogens is 3. The number of hydrogen-bond acceptors (Lipinski definition) is 3. The summed E-state index contributed by atoms with van der Waals surface area (Å²) in [4.78, 5) is 19.5. The van der Waals surface area contributed by atoms with Crippen LogP contribution in [-0.2, 0) is 4.79 Å². The number of thiophene rings is 1. The van der Waals surface area contributed by atoms with Crippen LogP contribution in [0.3, 0.4) is 0 Å². The topological polar surface area (TPSA) is 46.9 Å². The van der Waals surface area contributed by atoms with Crippen molar-refractivity contribution in [3.8, 4) is 10.7 Å². The number of benzene rings is 1. The van der Waals surface area contributed by atoms with E-state index in [2.05, 4.69) is 5.32 Å². The fourth-order valence-corrected chi connectivity index (χ4v) is 6.79. The third-order valence-corrected chi connectivity index (χ3v) is 8.77. The molecule has 0 aliphatic heterocycles. The van der Waals surface area contributed by atoms with Gasteiger partial charge in [-0.15, -0.1) is 11.3 Å². The van der Waals surface area contributed by atoms with Crippen molar-refractivity contribution in [2.24, 2.45) is 5.92 Å². The van der Waals surface area contributed by atoms with Gasteiger partial charge in [0.2, 0.25) is 5.91 Å². The molecule has 1 N–H and O–H groups in total. The highest BCUT2D eigenvalue weighted by molar-refractivity contribution is 7.14. The zero-order valence-corrected chi connectivity index (χ0v) is 20.8. The van der Waals surface area contributed by atoms with Crippen molar-refractivity contribution in [3.63, 3.8) is 0 Å². The van der Waals surface area contributed by atoms with Crippen LogP contribution in [0.2, 0.25) is 10.0 Å². The van der Waals surface area contributed by atoms with Gasteiger partial charge in [-0.25, -0.2) is 9.37 Å². The summed E-state index contributed by atoms with van der Waals surface area (Å²) in [6, 6.07) is 4.56. The molecule has 2 aliphatic carbocycles. The predicted molar refractivity (Wildman–Crippen MR) is 134 cm³/mol. The van der Waals surface area contributed by atoms with Gasteiger partial charge in [0.05, 0.1) is 26.0 Å². The predicted octanol–water partition coefficient (Wildman–Crippen LogP) is 7.78. The van der Waals surface area contributed by atoms with Crippen LogP contribution < -0.4 is 5.32 Å². The molecule has 1 amide bonds. The number of imidazole rings is 1. The van der Waals surface area contributed by atoms with Gasteiger partial charge in [0.1, 0.15) is 11.9 Å². The quantitative estimate of drug-likeness (QED) is 0.383. The first-order valence-corrected chi connectivity index (χ1v) is 13.6. The van der Waals surface area contributed by atoms with Gasteiger partial charge < -0.3 is 9.88 Å². The van der Waals surface area contributed by atoms with Crippen LogP contribution in [0, 0.1) is 11.7 Å². The van der Waals surface area contributed by atoms with E-state index in [0.29, 0.717) is 21.9 Å². The highest BCUT2D eigenvalue weighted by Crippen LogP contribution is 2.42. The molecular formula is C25H28Cl2FN3OS. The maximum Gasteiger partial charge on any atom is 0.243 e. The molecule has 0 bridgehead atoms. The average molecular weight is 508 g/mol. The van der Waals surface area contributed by atoms with Crippen LogP contribution in [-0.4, -0.2) is 21.5 Å². The molecule has 0 saturated heterocycles. The molecule has 176 valence electrons. The van der Waals surface area contributed by atoms with Crippen LogP contribution in [0.25, 0.3) is 21.7 Å². The lowest BCUT2D eigenvalue weighted by Gasteiger charge is -2.33. The van der Waals surface area contributed by atoms with Crippen molar-refractivity contribution >= 4 is 51.5 Å². The standard InChI is InChI=1S/C25H28Cl2FN3OS/c26-17-11-12-33-23(17)24-30-20-14-19(28)18(27)13-21(20)31(24)22(15-7-3-1-4-8-15)25(32)29-16-9-5-2-6-10-16/h11-16,22H,1-10H2,(H,29,32). The number of carbonyl (C=O) groups excluding carboxylic acids is 1. The highest BCUT2D eigenvalue weighted by atomic mass is 35.5. The van der Waals surface area contributed by atoms with Gasteiger partial charge in [0, 0.05) is 12.1 Å². The van der Waals surface area contributed by atoms with Gasteiger partial charge in [0.25, 0.3) is 0 Å². The Bertz CT molecular complexity index is 1150. The van der Waals surface area contributed by atoms with Gasteiger partial charge in [-0.05, 0) is 49.1 Å². The van der Waals surface area contributed by atoms with E-state index in [1.165, 1.54) is 30.2 Å².